The highest BCUT2D eigenvalue weighted by Gasteiger charge is 2.26. The van der Waals surface area contributed by atoms with E-state index in [1.54, 1.807) is 97.9 Å². The minimum atomic E-state index is -0.807. The standard InChI is InChI=1S/C26H24O6/c1-19(31-25(28)21-13-7-3-8-14-21)23(32-26(29)22-15-9-4-10-16-22)17-18-30-24(27)20-11-5-2-6-12-20/h2-16,19,23H,17-18H2,1H3. The lowest BCUT2D eigenvalue weighted by atomic mass is 10.1. The van der Waals surface area contributed by atoms with Gasteiger partial charge in [-0.3, -0.25) is 0 Å². The lowest BCUT2D eigenvalue weighted by Crippen LogP contribution is -2.34. The van der Waals surface area contributed by atoms with E-state index in [0.717, 1.165) is 0 Å². The van der Waals surface area contributed by atoms with Gasteiger partial charge in [-0.25, -0.2) is 14.4 Å². The Hall–Kier alpha value is -3.93. The normalized spacial score (nSPS) is 12.3. The maximum absolute atomic E-state index is 12.6. The van der Waals surface area contributed by atoms with Crippen LogP contribution in [-0.4, -0.2) is 36.7 Å². The molecule has 32 heavy (non-hydrogen) atoms. The summed E-state index contributed by atoms with van der Waals surface area (Å²) in [5.41, 5.74) is 1.19. The second-order valence-corrected chi connectivity index (χ2v) is 7.08. The first kappa shape index (κ1) is 22.7. The van der Waals surface area contributed by atoms with Crippen LogP contribution in [0.4, 0.5) is 0 Å². The summed E-state index contributed by atoms with van der Waals surface area (Å²) in [6.45, 7) is 1.64. The molecule has 0 bridgehead atoms. The molecule has 3 aromatic carbocycles. The highest BCUT2D eigenvalue weighted by molar-refractivity contribution is 5.90. The summed E-state index contributed by atoms with van der Waals surface area (Å²) in [7, 11) is 0. The smallest absolute Gasteiger partial charge is 0.338 e. The Bertz CT molecular complexity index is 1020. The topological polar surface area (TPSA) is 78.9 Å². The van der Waals surface area contributed by atoms with Crippen molar-refractivity contribution in [2.24, 2.45) is 0 Å². The number of esters is 3. The van der Waals surface area contributed by atoms with E-state index < -0.39 is 30.1 Å². The summed E-state index contributed by atoms with van der Waals surface area (Å²) in [5.74, 6) is -1.56. The molecule has 0 aliphatic carbocycles. The fraction of sp³-hybridized carbons (Fsp3) is 0.192. The number of carbonyl (C=O) groups is 3. The van der Waals surface area contributed by atoms with Gasteiger partial charge in [0.1, 0.15) is 12.2 Å². The Morgan fingerprint density at radius 2 is 1.03 bits per heavy atom. The van der Waals surface area contributed by atoms with Crippen molar-refractivity contribution in [3.05, 3.63) is 108 Å². The summed E-state index contributed by atoms with van der Waals surface area (Å²) in [4.78, 5) is 37.2. The molecule has 0 aliphatic heterocycles. The van der Waals surface area contributed by atoms with Crippen LogP contribution in [0.2, 0.25) is 0 Å². The van der Waals surface area contributed by atoms with E-state index in [9.17, 15) is 14.4 Å². The van der Waals surface area contributed by atoms with Crippen molar-refractivity contribution in [1.82, 2.24) is 0 Å². The van der Waals surface area contributed by atoms with Gasteiger partial charge in [-0.1, -0.05) is 54.6 Å². The number of carbonyl (C=O) groups excluding carboxylic acids is 3. The predicted molar refractivity (Wildman–Crippen MR) is 118 cm³/mol. The highest BCUT2D eigenvalue weighted by Crippen LogP contribution is 2.15. The summed E-state index contributed by atoms with van der Waals surface area (Å²) >= 11 is 0. The van der Waals surface area contributed by atoms with Gasteiger partial charge >= 0.3 is 17.9 Å². The molecule has 0 radical (unpaired) electrons. The summed E-state index contributed by atoms with van der Waals surface area (Å²) in [6.07, 6.45) is -1.40. The van der Waals surface area contributed by atoms with Crippen molar-refractivity contribution in [1.29, 1.82) is 0 Å². The van der Waals surface area contributed by atoms with E-state index in [4.69, 9.17) is 14.2 Å². The first-order chi connectivity index (χ1) is 15.5. The van der Waals surface area contributed by atoms with Gasteiger partial charge in [0.15, 0.2) is 0 Å². The van der Waals surface area contributed by atoms with Gasteiger partial charge in [0.2, 0.25) is 0 Å². The van der Waals surface area contributed by atoms with Crippen LogP contribution in [0.3, 0.4) is 0 Å². The van der Waals surface area contributed by atoms with Crippen molar-refractivity contribution in [2.45, 2.75) is 25.6 Å². The monoisotopic (exact) mass is 432 g/mol. The molecule has 0 aliphatic rings. The Kier molecular flexibility index (Phi) is 8.15. The molecule has 2 unspecified atom stereocenters. The Labute approximate surface area is 186 Å². The van der Waals surface area contributed by atoms with Crippen molar-refractivity contribution < 1.29 is 28.6 Å². The number of rotatable bonds is 9. The first-order valence-corrected chi connectivity index (χ1v) is 10.3. The molecule has 0 saturated carbocycles. The minimum absolute atomic E-state index is 0.00626. The lowest BCUT2D eigenvalue weighted by Gasteiger charge is -2.24. The SMILES string of the molecule is CC(OC(=O)c1ccccc1)C(CCOC(=O)c1ccccc1)OC(=O)c1ccccc1. The molecule has 2 atom stereocenters. The fourth-order valence-electron chi connectivity index (χ4n) is 2.98. The van der Waals surface area contributed by atoms with Gasteiger partial charge in [0.05, 0.1) is 23.3 Å². The first-order valence-electron chi connectivity index (χ1n) is 10.3. The largest absolute Gasteiger partial charge is 0.462 e. The summed E-state index contributed by atoms with van der Waals surface area (Å²) in [6, 6.07) is 25.7. The quantitative estimate of drug-likeness (QED) is 0.360. The molecule has 0 aromatic heterocycles. The van der Waals surface area contributed by atoms with Crippen molar-refractivity contribution >= 4 is 17.9 Å². The molecule has 3 aromatic rings. The van der Waals surface area contributed by atoms with Gasteiger partial charge in [0, 0.05) is 6.42 Å². The Morgan fingerprint density at radius 1 is 0.625 bits per heavy atom. The molecule has 6 nitrogen and oxygen atoms in total. The highest BCUT2D eigenvalue weighted by atomic mass is 16.6. The number of hydrogen-bond donors (Lipinski definition) is 0. The third-order valence-electron chi connectivity index (χ3n) is 4.74. The molecule has 0 heterocycles. The molecule has 6 heteroatoms. The van der Waals surface area contributed by atoms with Crippen LogP contribution >= 0.6 is 0 Å². The third-order valence-corrected chi connectivity index (χ3v) is 4.74. The molecule has 0 amide bonds. The van der Waals surface area contributed by atoms with Crippen LogP contribution in [-0.2, 0) is 14.2 Å². The molecule has 0 spiro atoms. The number of ether oxygens (including phenoxy) is 3. The minimum Gasteiger partial charge on any atom is -0.462 e. The van der Waals surface area contributed by atoms with E-state index in [2.05, 4.69) is 0 Å². The molecule has 0 N–H and O–H groups in total. The molecular formula is C26H24O6. The number of hydrogen-bond acceptors (Lipinski definition) is 6. The van der Waals surface area contributed by atoms with E-state index in [1.807, 2.05) is 0 Å². The van der Waals surface area contributed by atoms with Gasteiger partial charge in [-0.05, 0) is 43.3 Å². The molecule has 0 fully saturated rings. The van der Waals surface area contributed by atoms with E-state index in [-0.39, 0.29) is 13.0 Å². The zero-order valence-corrected chi connectivity index (χ0v) is 17.7. The zero-order valence-electron chi connectivity index (χ0n) is 17.7. The fourth-order valence-corrected chi connectivity index (χ4v) is 2.98. The molecule has 0 saturated heterocycles. The summed E-state index contributed by atoms with van der Waals surface area (Å²) in [5, 5.41) is 0. The molecular weight excluding hydrogens is 408 g/mol. The van der Waals surface area contributed by atoms with E-state index in [1.165, 1.54) is 0 Å². The van der Waals surface area contributed by atoms with Crippen LogP contribution in [0.1, 0.15) is 44.4 Å². The van der Waals surface area contributed by atoms with Crippen LogP contribution in [0.15, 0.2) is 91.0 Å². The van der Waals surface area contributed by atoms with E-state index in [0.29, 0.717) is 16.7 Å². The van der Waals surface area contributed by atoms with Crippen LogP contribution in [0.25, 0.3) is 0 Å². The van der Waals surface area contributed by atoms with Crippen molar-refractivity contribution in [2.75, 3.05) is 6.61 Å². The number of benzene rings is 3. The summed E-state index contributed by atoms with van der Waals surface area (Å²) < 4.78 is 16.5. The van der Waals surface area contributed by atoms with Crippen molar-refractivity contribution in [3.8, 4) is 0 Å². The van der Waals surface area contributed by atoms with Crippen LogP contribution in [0, 0.1) is 0 Å². The Morgan fingerprint density at radius 3 is 1.50 bits per heavy atom. The van der Waals surface area contributed by atoms with Crippen LogP contribution in [0.5, 0.6) is 0 Å². The van der Waals surface area contributed by atoms with E-state index >= 15 is 0 Å². The predicted octanol–water partition coefficient (Wildman–Crippen LogP) is 4.70. The second kappa shape index (κ2) is 11.5. The third kappa shape index (κ3) is 6.54. The van der Waals surface area contributed by atoms with Gasteiger partial charge in [-0.15, -0.1) is 0 Å². The lowest BCUT2D eigenvalue weighted by molar-refractivity contribution is -0.0383. The van der Waals surface area contributed by atoms with Gasteiger partial charge in [0.25, 0.3) is 0 Å². The molecule has 164 valence electrons. The van der Waals surface area contributed by atoms with Gasteiger partial charge < -0.3 is 14.2 Å². The van der Waals surface area contributed by atoms with Gasteiger partial charge in [-0.2, -0.15) is 0 Å². The average Bonchev–Trinajstić information content (AvgIpc) is 2.84. The van der Waals surface area contributed by atoms with Crippen molar-refractivity contribution in [3.63, 3.8) is 0 Å². The maximum Gasteiger partial charge on any atom is 0.338 e. The zero-order chi connectivity index (χ0) is 22.8. The maximum atomic E-state index is 12.6. The Balaban J connectivity index is 1.65. The average molecular weight is 432 g/mol. The van der Waals surface area contributed by atoms with Crippen LogP contribution < -0.4 is 0 Å². The molecule has 3 rings (SSSR count). The second-order valence-electron chi connectivity index (χ2n) is 7.08.